The van der Waals surface area contributed by atoms with Gasteiger partial charge in [0.1, 0.15) is 10.1 Å². The van der Waals surface area contributed by atoms with Gasteiger partial charge >= 0.3 is 11.9 Å². The van der Waals surface area contributed by atoms with E-state index in [9.17, 15) is 14.4 Å². The average molecular weight is 367 g/mol. The molecular weight excluding hydrogens is 354 g/mol. The quantitative estimate of drug-likeness (QED) is 0.556. The zero-order chi connectivity index (χ0) is 17.7. The molecule has 0 saturated carbocycles. The van der Waals surface area contributed by atoms with E-state index in [1.165, 1.54) is 4.90 Å². The summed E-state index contributed by atoms with van der Waals surface area (Å²) in [6.45, 7) is -0.388. The number of thioether (sulfide) groups is 1. The number of carboxylic acids is 2. The topological polar surface area (TPSA) is 104 Å². The summed E-state index contributed by atoms with van der Waals surface area (Å²) in [5, 5.41) is 17.2. The van der Waals surface area contributed by atoms with Gasteiger partial charge in [0.05, 0.1) is 11.3 Å². The highest BCUT2D eigenvalue weighted by Gasteiger charge is 2.31. The maximum Gasteiger partial charge on any atom is 0.341 e. The molecule has 0 spiro atoms. The van der Waals surface area contributed by atoms with Crippen LogP contribution in [0.5, 0.6) is 5.75 Å². The maximum atomic E-state index is 12.2. The summed E-state index contributed by atoms with van der Waals surface area (Å²) in [5.41, 5.74) is 0.719. The number of carbonyl (C=O) groups is 3. The molecule has 1 aliphatic rings. The van der Waals surface area contributed by atoms with Crippen molar-refractivity contribution >= 4 is 52.2 Å². The number of amides is 1. The Kier molecular flexibility index (Phi) is 5.93. The minimum Gasteiger partial charge on any atom is -0.482 e. The van der Waals surface area contributed by atoms with E-state index in [1.54, 1.807) is 30.3 Å². The van der Waals surface area contributed by atoms with Gasteiger partial charge in [-0.15, -0.1) is 0 Å². The number of nitrogens with zero attached hydrogens (tertiary/aromatic N) is 1. The Bertz CT molecular complexity index is 713. The predicted molar refractivity (Wildman–Crippen MR) is 91.7 cm³/mol. The first-order chi connectivity index (χ1) is 11.4. The highest BCUT2D eigenvalue weighted by atomic mass is 32.2. The highest BCUT2D eigenvalue weighted by Crippen LogP contribution is 2.32. The first-order valence-electron chi connectivity index (χ1n) is 6.78. The van der Waals surface area contributed by atoms with Crippen molar-refractivity contribution in [2.75, 3.05) is 13.2 Å². The Morgan fingerprint density at radius 1 is 1.21 bits per heavy atom. The molecule has 0 aliphatic carbocycles. The van der Waals surface area contributed by atoms with Crippen LogP contribution in [0, 0.1) is 0 Å². The van der Waals surface area contributed by atoms with Gasteiger partial charge in [-0.05, 0) is 23.8 Å². The second kappa shape index (κ2) is 7.93. The number of thiocarbonyl (C=S) groups is 1. The second-order valence-electron chi connectivity index (χ2n) is 4.73. The lowest BCUT2D eigenvalue weighted by atomic mass is 10.2. The first kappa shape index (κ1) is 18.0. The number of hydrogen-bond donors (Lipinski definition) is 2. The molecule has 1 fully saturated rings. The van der Waals surface area contributed by atoms with E-state index in [4.69, 9.17) is 27.2 Å². The third kappa shape index (κ3) is 4.80. The van der Waals surface area contributed by atoms with E-state index in [0.717, 1.165) is 17.3 Å². The van der Waals surface area contributed by atoms with Gasteiger partial charge in [0.25, 0.3) is 5.91 Å². The molecule has 2 rings (SSSR count). The lowest BCUT2D eigenvalue weighted by Crippen LogP contribution is -2.30. The highest BCUT2D eigenvalue weighted by molar-refractivity contribution is 8.26. The van der Waals surface area contributed by atoms with Gasteiger partial charge in [-0.2, -0.15) is 0 Å². The third-order valence-electron chi connectivity index (χ3n) is 2.96. The molecule has 0 atom stereocenters. The van der Waals surface area contributed by atoms with Gasteiger partial charge in [-0.3, -0.25) is 14.5 Å². The van der Waals surface area contributed by atoms with E-state index in [2.05, 4.69) is 0 Å². The molecule has 126 valence electrons. The number of carbonyl (C=O) groups excluding carboxylic acids is 1. The van der Waals surface area contributed by atoms with Crippen molar-refractivity contribution in [1.82, 2.24) is 4.90 Å². The number of benzene rings is 1. The van der Waals surface area contributed by atoms with Gasteiger partial charge in [-0.1, -0.05) is 36.1 Å². The number of rotatable bonds is 7. The molecule has 0 bridgehead atoms. The van der Waals surface area contributed by atoms with Crippen molar-refractivity contribution in [3.8, 4) is 5.75 Å². The van der Waals surface area contributed by atoms with Crippen LogP contribution in [0.2, 0.25) is 0 Å². The molecule has 1 aliphatic heterocycles. The molecule has 0 aromatic heterocycles. The van der Waals surface area contributed by atoms with Crippen LogP contribution in [0.3, 0.4) is 0 Å². The fraction of sp³-hybridized carbons (Fsp3) is 0.200. The molecule has 0 unspecified atom stereocenters. The van der Waals surface area contributed by atoms with E-state index in [-0.39, 0.29) is 18.9 Å². The Morgan fingerprint density at radius 3 is 2.46 bits per heavy atom. The number of hydrogen-bond acceptors (Lipinski definition) is 6. The van der Waals surface area contributed by atoms with Crippen molar-refractivity contribution in [3.63, 3.8) is 0 Å². The summed E-state index contributed by atoms with van der Waals surface area (Å²) < 4.78 is 5.35. The Hall–Kier alpha value is -2.39. The average Bonchev–Trinajstić information content (AvgIpc) is 2.78. The molecule has 9 heteroatoms. The van der Waals surface area contributed by atoms with Gasteiger partial charge in [-0.25, -0.2) is 4.79 Å². The van der Waals surface area contributed by atoms with Gasteiger partial charge in [0, 0.05) is 6.54 Å². The zero-order valence-corrected chi connectivity index (χ0v) is 13.9. The normalized spacial score (nSPS) is 15.8. The van der Waals surface area contributed by atoms with Gasteiger partial charge < -0.3 is 14.9 Å². The van der Waals surface area contributed by atoms with Crippen LogP contribution in [0.4, 0.5) is 0 Å². The maximum absolute atomic E-state index is 12.2. The molecule has 7 nitrogen and oxygen atoms in total. The standard InChI is InChI=1S/C15H13NO6S2/c17-12(18)5-6-16-14(21)11(24-15(16)23)7-9-1-3-10(4-2-9)22-8-13(19)20/h1-4,7H,5-6,8H2,(H,17,18)(H,19,20)/b11-7+. The summed E-state index contributed by atoms with van der Waals surface area (Å²) in [7, 11) is 0. The number of aliphatic carboxylic acids is 2. The fourth-order valence-corrected chi connectivity index (χ4v) is 3.17. The van der Waals surface area contributed by atoms with Crippen LogP contribution in [-0.4, -0.2) is 50.4 Å². The van der Waals surface area contributed by atoms with E-state index in [0.29, 0.717) is 15.0 Å². The van der Waals surface area contributed by atoms with Crippen LogP contribution in [-0.2, 0) is 14.4 Å². The summed E-state index contributed by atoms with van der Waals surface area (Å²) in [6.07, 6.45) is 1.47. The molecule has 1 saturated heterocycles. The number of carboxylic acid groups (broad SMARTS) is 2. The Morgan fingerprint density at radius 2 is 1.88 bits per heavy atom. The molecule has 1 aromatic rings. The number of ether oxygens (including phenoxy) is 1. The van der Waals surface area contributed by atoms with Crippen molar-refractivity contribution in [2.24, 2.45) is 0 Å². The SMILES string of the molecule is O=C(O)CCN1C(=O)/C(=C\c2ccc(OCC(=O)O)cc2)SC1=S. The second-order valence-corrected chi connectivity index (χ2v) is 6.40. The van der Waals surface area contributed by atoms with Gasteiger partial charge in [0.15, 0.2) is 6.61 Å². The van der Waals surface area contributed by atoms with E-state index >= 15 is 0 Å². The molecule has 1 aromatic carbocycles. The van der Waals surface area contributed by atoms with Crippen LogP contribution < -0.4 is 4.74 Å². The van der Waals surface area contributed by atoms with Crippen LogP contribution in [0.25, 0.3) is 6.08 Å². The third-order valence-corrected chi connectivity index (χ3v) is 4.34. The van der Waals surface area contributed by atoms with Crippen LogP contribution in [0.15, 0.2) is 29.2 Å². The minimum atomic E-state index is -1.07. The molecule has 24 heavy (non-hydrogen) atoms. The largest absolute Gasteiger partial charge is 0.482 e. The lowest BCUT2D eigenvalue weighted by molar-refractivity contribution is -0.139. The van der Waals surface area contributed by atoms with Gasteiger partial charge in [0.2, 0.25) is 0 Å². The minimum absolute atomic E-state index is 0.0410. The first-order valence-corrected chi connectivity index (χ1v) is 8.01. The predicted octanol–water partition coefficient (Wildman–Crippen LogP) is 1.83. The summed E-state index contributed by atoms with van der Waals surface area (Å²) >= 11 is 6.21. The van der Waals surface area contributed by atoms with Crippen LogP contribution >= 0.6 is 24.0 Å². The lowest BCUT2D eigenvalue weighted by Gasteiger charge is -2.12. The van der Waals surface area contributed by atoms with E-state index < -0.39 is 18.5 Å². The Labute approximate surface area is 146 Å². The Balaban J connectivity index is 2.05. The monoisotopic (exact) mass is 367 g/mol. The summed E-state index contributed by atoms with van der Waals surface area (Å²) in [5.74, 6) is -1.98. The summed E-state index contributed by atoms with van der Waals surface area (Å²) in [6, 6.07) is 6.56. The fourth-order valence-electron chi connectivity index (χ4n) is 1.86. The summed E-state index contributed by atoms with van der Waals surface area (Å²) in [4.78, 5) is 35.0. The van der Waals surface area contributed by atoms with Crippen molar-refractivity contribution < 1.29 is 29.3 Å². The van der Waals surface area contributed by atoms with Crippen LogP contribution in [0.1, 0.15) is 12.0 Å². The molecular formula is C15H13NO6S2. The zero-order valence-electron chi connectivity index (χ0n) is 12.3. The molecule has 2 N–H and O–H groups in total. The van der Waals surface area contributed by atoms with Crippen molar-refractivity contribution in [3.05, 3.63) is 34.7 Å². The smallest absolute Gasteiger partial charge is 0.341 e. The van der Waals surface area contributed by atoms with Crippen molar-refractivity contribution in [1.29, 1.82) is 0 Å². The molecule has 0 radical (unpaired) electrons. The van der Waals surface area contributed by atoms with Crippen molar-refractivity contribution in [2.45, 2.75) is 6.42 Å². The van der Waals surface area contributed by atoms with E-state index in [1.807, 2.05) is 0 Å². The molecule has 1 heterocycles. The molecule has 1 amide bonds.